The maximum Gasteiger partial charge on any atom is 0.176 e. The maximum absolute atomic E-state index is 12.0. The molecule has 1 unspecified atom stereocenters. The fourth-order valence-corrected chi connectivity index (χ4v) is 1.70. The molecule has 0 aliphatic carbocycles. The van der Waals surface area contributed by atoms with E-state index in [0.29, 0.717) is 12.6 Å². The van der Waals surface area contributed by atoms with Gasteiger partial charge in [0.15, 0.2) is 5.78 Å². The Hall–Kier alpha value is -1.15. The van der Waals surface area contributed by atoms with Crippen molar-refractivity contribution >= 4 is 5.78 Å². The van der Waals surface area contributed by atoms with Crippen LogP contribution >= 0.6 is 0 Å². The van der Waals surface area contributed by atoms with E-state index in [1.165, 1.54) is 5.56 Å². The van der Waals surface area contributed by atoms with Gasteiger partial charge in [0, 0.05) is 11.6 Å². The summed E-state index contributed by atoms with van der Waals surface area (Å²) in [6.07, 6.45) is 3.20. The molecule has 0 fully saturated rings. The van der Waals surface area contributed by atoms with Gasteiger partial charge in [0.2, 0.25) is 0 Å². The number of ketones is 1. The standard InChI is InChI=1S/C15H23NO/c1-4-7-13-8-6-9-14(10-13)15(17)11-16-12(3)5-2/h6,8-10,12,16H,4-5,7,11H2,1-3H3. The average molecular weight is 233 g/mol. The Bertz CT molecular complexity index is 360. The summed E-state index contributed by atoms with van der Waals surface area (Å²) in [5.74, 6) is 0.184. The van der Waals surface area contributed by atoms with Gasteiger partial charge in [0.05, 0.1) is 6.54 Å². The van der Waals surface area contributed by atoms with Gasteiger partial charge in [-0.15, -0.1) is 0 Å². The van der Waals surface area contributed by atoms with Crippen LogP contribution in [0.3, 0.4) is 0 Å². The third kappa shape index (κ3) is 4.70. The summed E-state index contributed by atoms with van der Waals surface area (Å²) in [6.45, 7) is 6.80. The molecular formula is C15H23NO. The van der Waals surface area contributed by atoms with Gasteiger partial charge in [0.25, 0.3) is 0 Å². The fraction of sp³-hybridized carbons (Fsp3) is 0.533. The number of carbonyl (C=O) groups is 1. The van der Waals surface area contributed by atoms with Crippen molar-refractivity contribution < 1.29 is 4.79 Å². The molecule has 1 N–H and O–H groups in total. The lowest BCUT2D eigenvalue weighted by atomic mass is 10.0. The van der Waals surface area contributed by atoms with Crippen LogP contribution in [-0.4, -0.2) is 18.4 Å². The monoisotopic (exact) mass is 233 g/mol. The zero-order valence-corrected chi connectivity index (χ0v) is 11.1. The maximum atomic E-state index is 12.0. The second-order valence-electron chi connectivity index (χ2n) is 4.56. The normalized spacial score (nSPS) is 12.4. The summed E-state index contributed by atoms with van der Waals surface area (Å²) in [7, 11) is 0. The van der Waals surface area contributed by atoms with E-state index in [1.807, 2.05) is 18.2 Å². The molecule has 0 heterocycles. The van der Waals surface area contributed by atoms with E-state index in [4.69, 9.17) is 0 Å². The van der Waals surface area contributed by atoms with E-state index in [9.17, 15) is 4.79 Å². The molecule has 1 rings (SSSR count). The van der Waals surface area contributed by atoms with Crippen molar-refractivity contribution in [3.63, 3.8) is 0 Å². The molecule has 0 spiro atoms. The first-order valence-corrected chi connectivity index (χ1v) is 6.52. The van der Waals surface area contributed by atoms with Crippen LogP contribution in [0.5, 0.6) is 0 Å². The van der Waals surface area contributed by atoms with Gasteiger partial charge in [-0.05, 0) is 31.4 Å². The van der Waals surface area contributed by atoms with Gasteiger partial charge in [0.1, 0.15) is 0 Å². The molecular weight excluding hydrogens is 210 g/mol. The van der Waals surface area contributed by atoms with Crippen LogP contribution in [0.4, 0.5) is 0 Å². The highest BCUT2D eigenvalue weighted by atomic mass is 16.1. The molecule has 0 aliphatic rings. The van der Waals surface area contributed by atoms with E-state index < -0.39 is 0 Å². The van der Waals surface area contributed by atoms with Gasteiger partial charge < -0.3 is 5.32 Å². The molecule has 0 aromatic heterocycles. The second kappa shape index (κ2) is 7.23. The predicted octanol–water partition coefficient (Wildman–Crippen LogP) is 3.21. The summed E-state index contributed by atoms with van der Waals surface area (Å²) in [5.41, 5.74) is 2.08. The van der Waals surface area contributed by atoms with Crippen molar-refractivity contribution in [2.24, 2.45) is 0 Å². The number of aryl methyl sites for hydroxylation is 1. The van der Waals surface area contributed by atoms with Crippen molar-refractivity contribution in [3.05, 3.63) is 35.4 Å². The van der Waals surface area contributed by atoms with Crippen molar-refractivity contribution in [2.75, 3.05) is 6.54 Å². The van der Waals surface area contributed by atoms with E-state index in [0.717, 1.165) is 24.8 Å². The number of rotatable bonds is 7. The fourth-order valence-electron chi connectivity index (χ4n) is 1.70. The summed E-state index contributed by atoms with van der Waals surface area (Å²) >= 11 is 0. The number of hydrogen-bond acceptors (Lipinski definition) is 2. The van der Waals surface area contributed by atoms with Gasteiger partial charge in [-0.1, -0.05) is 38.5 Å². The highest BCUT2D eigenvalue weighted by molar-refractivity contribution is 5.97. The molecule has 2 nitrogen and oxygen atoms in total. The van der Waals surface area contributed by atoms with E-state index >= 15 is 0 Å². The van der Waals surface area contributed by atoms with Crippen molar-refractivity contribution in [1.82, 2.24) is 5.32 Å². The van der Waals surface area contributed by atoms with E-state index in [1.54, 1.807) is 0 Å². The largest absolute Gasteiger partial charge is 0.307 e. The first kappa shape index (κ1) is 13.9. The average Bonchev–Trinajstić information content (AvgIpc) is 2.36. The molecule has 0 bridgehead atoms. The van der Waals surface area contributed by atoms with Crippen LogP contribution in [0.2, 0.25) is 0 Å². The van der Waals surface area contributed by atoms with Crippen LogP contribution < -0.4 is 5.32 Å². The lowest BCUT2D eigenvalue weighted by molar-refractivity contribution is 0.0987. The molecule has 1 aromatic carbocycles. The summed E-state index contributed by atoms with van der Waals surface area (Å²) in [4.78, 5) is 12.0. The number of carbonyl (C=O) groups excluding carboxylic acids is 1. The Balaban J connectivity index is 2.59. The van der Waals surface area contributed by atoms with Gasteiger partial charge in [-0.25, -0.2) is 0 Å². The zero-order valence-electron chi connectivity index (χ0n) is 11.1. The Morgan fingerprint density at radius 1 is 1.35 bits per heavy atom. The first-order chi connectivity index (χ1) is 8.17. The lowest BCUT2D eigenvalue weighted by Gasteiger charge is -2.10. The number of benzene rings is 1. The highest BCUT2D eigenvalue weighted by Gasteiger charge is 2.07. The molecule has 0 saturated carbocycles. The van der Waals surface area contributed by atoms with Crippen molar-refractivity contribution in [1.29, 1.82) is 0 Å². The van der Waals surface area contributed by atoms with Crippen LogP contribution in [0, 0.1) is 0 Å². The van der Waals surface area contributed by atoms with Crippen LogP contribution in [0.25, 0.3) is 0 Å². The molecule has 1 aromatic rings. The molecule has 0 amide bonds. The molecule has 0 radical (unpaired) electrons. The smallest absolute Gasteiger partial charge is 0.176 e. The minimum absolute atomic E-state index is 0.184. The minimum Gasteiger partial charge on any atom is -0.307 e. The Morgan fingerprint density at radius 3 is 2.76 bits per heavy atom. The molecule has 1 atom stereocenters. The third-order valence-electron chi connectivity index (χ3n) is 3.01. The topological polar surface area (TPSA) is 29.1 Å². The Labute approximate surface area is 104 Å². The van der Waals surface area contributed by atoms with Gasteiger partial charge in [-0.3, -0.25) is 4.79 Å². The molecule has 2 heteroatoms. The Morgan fingerprint density at radius 2 is 2.12 bits per heavy atom. The molecule has 0 aliphatic heterocycles. The number of Topliss-reactive ketones (excluding diaryl/α,β-unsaturated/α-hetero) is 1. The summed E-state index contributed by atoms with van der Waals surface area (Å²) in [6, 6.07) is 8.38. The third-order valence-corrected chi connectivity index (χ3v) is 3.01. The van der Waals surface area contributed by atoms with Gasteiger partial charge in [-0.2, -0.15) is 0 Å². The van der Waals surface area contributed by atoms with Gasteiger partial charge >= 0.3 is 0 Å². The number of hydrogen-bond donors (Lipinski definition) is 1. The van der Waals surface area contributed by atoms with Crippen LogP contribution in [-0.2, 0) is 6.42 Å². The van der Waals surface area contributed by atoms with Crippen LogP contribution in [0.15, 0.2) is 24.3 Å². The second-order valence-corrected chi connectivity index (χ2v) is 4.56. The first-order valence-electron chi connectivity index (χ1n) is 6.52. The molecule has 17 heavy (non-hydrogen) atoms. The highest BCUT2D eigenvalue weighted by Crippen LogP contribution is 2.08. The van der Waals surface area contributed by atoms with Crippen molar-refractivity contribution in [2.45, 2.75) is 46.1 Å². The lowest BCUT2D eigenvalue weighted by Crippen LogP contribution is -2.30. The van der Waals surface area contributed by atoms with Crippen molar-refractivity contribution in [3.8, 4) is 0 Å². The predicted molar refractivity (Wildman–Crippen MR) is 72.5 cm³/mol. The van der Waals surface area contributed by atoms with E-state index in [2.05, 4.69) is 32.2 Å². The molecule has 0 saturated heterocycles. The van der Waals surface area contributed by atoms with Crippen LogP contribution in [0.1, 0.15) is 49.5 Å². The Kier molecular flexibility index (Phi) is 5.92. The molecule has 94 valence electrons. The SMILES string of the molecule is CCCc1cccc(C(=O)CNC(C)CC)c1. The summed E-state index contributed by atoms with van der Waals surface area (Å²) < 4.78 is 0. The number of nitrogens with one attached hydrogen (secondary N) is 1. The summed E-state index contributed by atoms with van der Waals surface area (Å²) in [5, 5.41) is 3.23. The zero-order chi connectivity index (χ0) is 12.7. The minimum atomic E-state index is 0.184. The van der Waals surface area contributed by atoms with E-state index in [-0.39, 0.29) is 5.78 Å². The quantitative estimate of drug-likeness (QED) is 0.733.